The summed E-state index contributed by atoms with van der Waals surface area (Å²) in [6.45, 7) is 3.89. The molecule has 7 heteroatoms. The molecule has 0 spiro atoms. The minimum absolute atomic E-state index is 0.210. The van der Waals surface area contributed by atoms with Gasteiger partial charge in [0, 0.05) is 13.0 Å². The van der Waals surface area contributed by atoms with Crippen LogP contribution in [0.15, 0.2) is 22.8 Å². The molecule has 1 aromatic heterocycles. The van der Waals surface area contributed by atoms with Crippen LogP contribution in [-0.2, 0) is 14.3 Å². The Labute approximate surface area is 123 Å². The third kappa shape index (κ3) is 6.11. The number of rotatable bonds is 8. The van der Waals surface area contributed by atoms with Gasteiger partial charge in [0.15, 0.2) is 5.76 Å². The second-order valence-corrected chi connectivity index (χ2v) is 4.38. The van der Waals surface area contributed by atoms with Crippen molar-refractivity contribution in [2.75, 3.05) is 13.2 Å². The van der Waals surface area contributed by atoms with Crippen LogP contribution < -0.4 is 10.6 Å². The fourth-order valence-corrected chi connectivity index (χ4v) is 1.59. The monoisotopic (exact) mass is 296 g/mol. The molecule has 0 aliphatic rings. The average Bonchev–Trinajstić information content (AvgIpc) is 2.97. The first-order valence-electron chi connectivity index (χ1n) is 6.82. The fourth-order valence-electron chi connectivity index (χ4n) is 1.59. The van der Waals surface area contributed by atoms with Crippen LogP contribution in [0.1, 0.15) is 37.2 Å². The Morgan fingerprint density at radius 2 is 2.14 bits per heavy atom. The molecule has 7 nitrogen and oxygen atoms in total. The summed E-state index contributed by atoms with van der Waals surface area (Å²) in [5, 5.41) is 5.17. The van der Waals surface area contributed by atoms with Gasteiger partial charge < -0.3 is 19.8 Å². The van der Waals surface area contributed by atoms with Gasteiger partial charge in [-0.3, -0.25) is 9.59 Å². The standard InChI is InChI=1S/C14H20N2O5/c1-3-20-14(19)10(2)16-12(17)7-4-8-15-13(18)11-6-5-9-21-11/h5-6,9-10H,3-4,7-8H2,1-2H3,(H,15,18)(H,16,17). The SMILES string of the molecule is CCOC(=O)C(C)NC(=O)CCCNC(=O)c1ccco1. The van der Waals surface area contributed by atoms with Crippen LogP contribution in [0.4, 0.5) is 0 Å². The van der Waals surface area contributed by atoms with E-state index in [9.17, 15) is 14.4 Å². The Kier molecular flexibility index (Phi) is 7.00. The van der Waals surface area contributed by atoms with Crippen molar-refractivity contribution in [1.29, 1.82) is 0 Å². The second kappa shape index (κ2) is 8.78. The predicted octanol–water partition coefficient (Wildman–Crippen LogP) is 0.857. The zero-order valence-electron chi connectivity index (χ0n) is 12.2. The second-order valence-electron chi connectivity index (χ2n) is 4.38. The third-order valence-corrected chi connectivity index (χ3v) is 2.63. The van der Waals surface area contributed by atoms with Crippen LogP contribution in [0, 0.1) is 0 Å². The Morgan fingerprint density at radius 1 is 1.38 bits per heavy atom. The third-order valence-electron chi connectivity index (χ3n) is 2.63. The summed E-state index contributed by atoms with van der Waals surface area (Å²) in [6, 6.07) is 2.51. The van der Waals surface area contributed by atoms with Gasteiger partial charge in [-0.15, -0.1) is 0 Å². The van der Waals surface area contributed by atoms with Gasteiger partial charge in [0.2, 0.25) is 5.91 Å². The summed E-state index contributed by atoms with van der Waals surface area (Å²) in [6.07, 6.45) is 2.09. The Hall–Kier alpha value is -2.31. The van der Waals surface area contributed by atoms with Crippen LogP contribution >= 0.6 is 0 Å². The highest BCUT2D eigenvalue weighted by atomic mass is 16.5. The largest absolute Gasteiger partial charge is 0.464 e. The number of esters is 1. The Bertz CT molecular complexity index is 470. The van der Waals surface area contributed by atoms with Gasteiger partial charge in [0.1, 0.15) is 6.04 Å². The van der Waals surface area contributed by atoms with E-state index in [-0.39, 0.29) is 30.6 Å². The smallest absolute Gasteiger partial charge is 0.328 e. The van der Waals surface area contributed by atoms with Gasteiger partial charge in [-0.25, -0.2) is 4.79 Å². The molecular formula is C14H20N2O5. The molecule has 1 atom stereocenters. The molecule has 2 N–H and O–H groups in total. The van der Waals surface area contributed by atoms with Crippen molar-refractivity contribution in [3.8, 4) is 0 Å². The first-order chi connectivity index (χ1) is 10.0. The van der Waals surface area contributed by atoms with E-state index in [0.717, 1.165) is 0 Å². The van der Waals surface area contributed by atoms with E-state index in [1.807, 2.05) is 0 Å². The van der Waals surface area contributed by atoms with E-state index in [0.29, 0.717) is 13.0 Å². The molecule has 0 aromatic carbocycles. The van der Waals surface area contributed by atoms with E-state index >= 15 is 0 Å². The number of furan rings is 1. The van der Waals surface area contributed by atoms with Gasteiger partial charge in [0.05, 0.1) is 12.9 Å². The summed E-state index contributed by atoms with van der Waals surface area (Å²) in [5.74, 6) is -0.810. The highest BCUT2D eigenvalue weighted by Gasteiger charge is 2.16. The minimum atomic E-state index is -0.671. The van der Waals surface area contributed by atoms with Crippen molar-refractivity contribution in [1.82, 2.24) is 10.6 Å². The maximum Gasteiger partial charge on any atom is 0.328 e. The van der Waals surface area contributed by atoms with Gasteiger partial charge in [0.25, 0.3) is 5.91 Å². The van der Waals surface area contributed by atoms with Crippen LogP contribution in [0.5, 0.6) is 0 Å². The van der Waals surface area contributed by atoms with Gasteiger partial charge in [-0.2, -0.15) is 0 Å². The summed E-state index contributed by atoms with van der Waals surface area (Å²) in [4.78, 5) is 34.4. The van der Waals surface area contributed by atoms with Crippen molar-refractivity contribution < 1.29 is 23.5 Å². The number of nitrogens with one attached hydrogen (secondary N) is 2. The normalized spacial score (nSPS) is 11.5. The van der Waals surface area contributed by atoms with Crippen LogP contribution in [0.2, 0.25) is 0 Å². The Balaban J connectivity index is 2.16. The van der Waals surface area contributed by atoms with Gasteiger partial charge in [-0.1, -0.05) is 0 Å². The fraction of sp³-hybridized carbons (Fsp3) is 0.500. The van der Waals surface area contributed by atoms with Crippen molar-refractivity contribution in [3.63, 3.8) is 0 Å². The zero-order valence-corrected chi connectivity index (χ0v) is 12.2. The number of carbonyl (C=O) groups is 3. The first-order valence-corrected chi connectivity index (χ1v) is 6.82. The lowest BCUT2D eigenvalue weighted by Crippen LogP contribution is -2.39. The van der Waals surface area contributed by atoms with Crippen molar-refractivity contribution in [3.05, 3.63) is 24.2 Å². The molecule has 1 rings (SSSR count). The number of hydrogen-bond donors (Lipinski definition) is 2. The predicted molar refractivity (Wildman–Crippen MR) is 74.5 cm³/mol. The van der Waals surface area contributed by atoms with E-state index in [1.54, 1.807) is 26.0 Å². The lowest BCUT2D eigenvalue weighted by atomic mass is 10.2. The van der Waals surface area contributed by atoms with Crippen LogP contribution in [0.25, 0.3) is 0 Å². The molecule has 0 aliphatic carbocycles. The van der Waals surface area contributed by atoms with Crippen molar-refractivity contribution >= 4 is 17.8 Å². The molecule has 0 bridgehead atoms. The van der Waals surface area contributed by atoms with Crippen LogP contribution in [0.3, 0.4) is 0 Å². The molecule has 1 unspecified atom stereocenters. The zero-order chi connectivity index (χ0) is 15.7. The molecule has 1 aromatic rings. The molecule has 0 aliphatic heterocycles. The van der Waals surface area contributed by atoms with Crippen molar-refractivity contribution in [2.45, 2.75) is 32.7 Å². The molecule has 1 heterocycles. The number of hydrogen-bond acceptors (Lipinski definition) is 5. The van der Waals surface area contributed by atoms with E-state index in [4.69, 9.17) is 9.15 Å². The lowest BCUT2D eigenvalue weighted by Gasteiger charge is -2.12. The number of carbonyl (C=O) groups excluding carboxylic acids is 3. The average molecular weight is 296 g/mol. The summed E-state index contributed by atoms with van der Waals surface area (Å²) < 4.78 is 9.71. The maximum absolute atomic E-state index is 11.6. The molecule has 0 saturated carbocycles. The van der Waals surface area contributed by atoms with E-state index < -0.39 is 12.0 Å². The molecule has 0 radical (unpaired) electrons. The quantitative estimate of drug-likeness (QED) is 0.547. The summed E-state index contributed by atoms with van der Waals surface area (Å²) in [5.41, 5.74) is 0. The van der Waals surface area contributed by atoms with Gasteiger partial charge in [-0.05, 0) is 32.4 Å². The van der Waals surface area contributed by atoms with Gasteiger partial charge >= 0.3 is 5.97 Å². The summed E-state index contributed by atoms with van der Waals surface area (Å²) in [7, 11) is 0. The number of ether oxygens (including phenoxy) is 1. The van der Waals surface area contributed by atoms with Crippen molar-refractivity contribution in [2.24, 2.45) is 0 Å². The van der Waals surface area contributed by atoms with E-state index in [1.165, 1.54) is 6.26 Å². The van der Waals surface area contributed by atoms with E-state index in [2.05, 4.69) is 10.6 Å². The molecule has 2 amide bonds. The molecule has 21 heavy (non-hydrogen) atoms. The van der Waals surface area contributed by atoms with Crippen LogP contribution in [-0.4, -0.2) is 37.0 Å². The molecule has 0 fully saturated rings. The number of amides is 2. The highest BCUT2D eigenvalue weighted by Crippen LogP contribution is 1.99. The molecule has 0 saturated heterocycles. The molecular weight excluding hydrogens is 276 g/mol. The molecule has 116 valence electrons. The maximum atomic E-state index is 11.6. The highest BCUT2D eigenvalue weighted by molar-refractivity contribution is 5.91. The first kappa shape index (κ1) is 16.7. The summed E-state index contributed by atoms with van der Waals surface area (Å²) >= 11 is 0. The lowest BCUT2D eigenvalue weighted by molar-refractivity contribution is -0.146. The minimum Gasteiger partial charge on any atom is -0.464 e. The topological polar surface area (TPSA) is 97.6 Å². The Morgan fingerprint density at radius 3 is 2.76 bits per heavy atom.